The molecule has 0 bridgehead atoms. The highest BCUT2D eigenvalue weighted by atomic mass is 16.5. The summed E-state index contributed by atoms with van der Waals surface area (Å²) in [6.07, 6.45) is 7.76. The zero-order chi connectivity index (χ0) is 9.68. The molecule has 2 nitrogen and oxygen atoms in total. The molecular weight excluding hydrogens is 162 g/mol. The molecule has 0 amide bonds. The van der Waals surface area contributed by atoms with Crippen molar-refractivity contribution < 1.29 is 4.74 Å². The van der Waals surface area contributed by atoms with Gasteiger partial charge >= 0.3 is 0 Å². The van der Waals surface area contributed by atoms with E-state index < -0.39 is 0 Å². The van der Waals surface area contributed by atoms with Crippen molar-refractivity contribution in [1.29, 1.82) is 0 Å². The normalized spacial score (nSPS) is 34.8. The molecule has 0 aromatic rings. The maximum absolute atomic E-state index is 6.00. The predicted octanol–water partition coefficient (Wildman–Crippen LogP) is 2.46. The molecule has 1 unspecified atom stereocenters. The van der Waals surface area contributed by atoms with Gasteiger partial charge in [-0.3, -0.25) is 0 Å². The van der Waals surface area contributed by atoms with Gasteiger partial charge in [0.05, 0.1) is 12.2 Å². The molecule has 78 valence electrons. The molecule has 2 heteroatoms. The third kappa shape index (κ3) is 3.65. The summed E-state index contributed by atoms with van der Waals surface area (Å²) in [6, 6.07) is 0.377. The SMILES string of the molecule is CCC[C@@H]1CC(N)C[C@H](CCC)O1. The summed E-state index contributed by atoms with van der Waals surface area (Å²) < 4.78 is 5.96. The van der Waals surface area contributed by atoms with Crippen molar-refractivity contribution in [2.45, 2.75) is 70.6 Å². The van der Waals surface area contributed by atoms with Gasteiger partial charge in [0.2, 0.25) is 0 Å². The molecule has 0 spiro atoms. The number of rotatable bonds is 4. The van der Waals surface area contributed by atoms with Crippen molar-refractivity contribution in [3.8, 4) is 0 Å². The molecule has 2 N–H and O–H groups in total. The maximum Gasteiger partial charge on any atom is 0.0593 e. The third-order valence-corrected chi connectivity index (χ3v) is 2.74. The summed E-state index contributed by atoms with van der Waals surface area (Å²) >= 11 is 0. The summed E-state index contributed by atoms with van der Waals surface area (Å²) in [5.74, 6) is 0. The minimum absolute atomic E-state index is 0.377. The Hall–Kier alpha value is -0.0800. The van der Waals surface area contributed by atoms with E-state index in [9.17, 15) is 0 Å². The second-order valence-corrected chi connectivity index (χ2v) is 4.19. The van der Waals surface area contributed by atoms with Crippen LogP contribution >= 0.6 is 0 Å². The lowest BCUT2D eigenvalue weighted by atomic mass is 9.95. The summed E-state index contributed by atoms with van der Waals surface area (Å²) in [7, 11) is 0. The Balaban J connectivity index is 2.33. The molecular formula is C11H23NO. The van der Waals surface area contributed by atoms with Crippen molar-refractivity contribution in [3.05, 3.63) is 0 Å². The van der Waals surface area contributed by atoms with Crippen LogP contribution in [0.1, 0.15) is 52.4 Å². The molecule has 1 heterocycles. The molecule has 1 aliphatic heterocycles. The van der Waals surface area contributed by atoms with E-state index in [2.05, 4.69) is 13.8 Å². The second-order valence-electron chi connectivity index (χ2n) is 4.19. The molecule has 0 aromatic heterocycles. The number of ether oxygens (including phenoxy) is 1. The molecule has 0 aromatic carbocycles. The Bertz CT molecular complexity index is 124. The van der Waals surface area contributed by atoms with Crippen LogP contribution in [-0.4, -0.2) is 18.2 Å². The van der Waals surface area contributed by atoms with E-state index in [1.54, 1.807) is 0 Å². The molecule has 13 heavy (non-hydrogen) atoms. The van der Waals surface area contributed by atoms with Gasteiger partial charge in [-0.05, 0) is 25.7 Å². The fourth-order valence-electron chi connectivity index (χ4n) is 2.17. The van der Waals surface area contributed by atoms with Crippen LogP contribution in [0, 0.1) is 0 Å². The predicted molar refractivity (Wildman–Crippen MR) is 55.7 cm³/mol. The van der Waals surface area contributed by atoms with Crippen molar-refractivity contribution in [1.82, 2.24) is 0 Å². The summed E-state index contributed by atoms with van der Waals surface area (Å²) in [4.78, 5) is 0. The van der Waals surface area contributed by atoms with E-state index in [0.29, 0.717) is 18.2 Å². The standard InChI is InChI=1S/C11H23NO/c1-3-5-10-7-9(12)8-11(13-10)6-4-2/h9-11H,3-8,12H2,1-2H3/t9?,10-,11+. The van der Waals surface area contributed by atoms with Crippen molar-refractivity contribution in [2.75, 3.05) is 0 Å². The Kier molecular flexibility index (Phi) is 4.74. The molecule has 0 radical (unpaired) electrons. The number of hydrogen-bond acceptors (Lipinski definition) is 2. The van der Waals surface area contributed by atoms with Gasteiger partial charge in [-0.2, -0.15) is 0 Å². The molecule has 1 aliphatic rings. The zero-order valence-corrected chi connectivity index (χ0v) is 8.96. The van der Waals surface area contributed by atoms with E-state index in [1.165, 1.54) is 25.7 Å². The Morgan fingerprint density at radius 2 is 1.54 bits per heavy atom. The van der Waals surface area contributed by atoms with Crippen molar-refractivity contribution in [3.63, 3.8) is 0 Å². The highest BCUT2D eigenvalue weighted by Crippen LogP contribution is 2.23. The van der Waals surface area contributed by atoms with Crippen LogP contribution in [-0.2, 0) is 4.74 Å². The first-order valence-corrected chi connectivity index (χ1v) is 5.67. The Morgan fingerprint density at radius 1 is 1.08 bits per heavy atom. The van der Waals surface area contributed by atoms with E-state index in [-0.39, 0.29) is 0 Å². The van der Waals surface area contributed by atoms with Crippen LogP contribution < -0.4 is 5.73 Å². The number of nitrogens with two attached hydrogens (primary N) is 1. The van der Waals surface area contributed by atoms with Crippen LogP contribution in [0.3, 0.4) is 0 Å². The second kappa shape index (κ2) is 5.61. The van der Waals surface area contributed by atoms with E-state index >= 15 is 0 Å². The van der Waals surface area contributed by atoms with Gasteiger partial charge in [0, 0.05) is 6.04 Å². The lowest BCUT2D eigenvalue weighted by molar-refractivity contribution is -0.0631. The van der Waals surface area contributed by atoms with Gasteiger partial charge in [0.15, 0.2) is 0 Å². The van der Waals surface area contributed by atoms with Crippen LogP contribution in [0.2, 0.25) is 0 Å². The van der Waals surface area contributed by atoms with E-state index in [0.717, 1.165) is 12.8 Å². The van der Waals surface area contributed by atoms with Crippen LogP contribution in [0.4, 0.5) is 0 Å². The first-order valence-electron chi connectivity index (χ1n) is 5.67. The molecule has 3 atom stereocenters. The van der Waals surface area contributed by atoms with E-state index in [1.807, 2.05) is 0 Å². The zero-order valence-electron chi connectivity index (χ0n) is 8.96. The lowest BCUT2D eigenvalue weighted by Crippen LogP contribution is -2.40. The van der Waals surface area contributed by atoms with Gasteiger partial charge in [0.25, 0.3) is 0 Å². The third-order valence-electron chi connectivity index (χ3n) is 2.74. The average molecular weight is 185 g/mol. The van der Waals surface area contributed by atoms with Gasteiger partial charge in [0.1, 0.15) is 0 Å². The first-order chi connectivity index (χ1) is 6.26. The lowest BCUT2D eigenvalue weighted by Gasteiger charge is -2.33. The largest absolute Gasteiger partial charge is 0.375 e. The molecule has 1 fully saturated rings. The smallest absolute Gasteiger partial charge is 0.0593 e. The fraction of sp³-hybridized carbons (Fsp3) is 1.00. The van der Waals surface area contributed by atoms with Crippen molar-refractivity contribution >= 4 is 0 Å². The summed E-state index contributed by atoms with van der Waals surface area (Å²) in [5.41, 5.74) is 6.00. The van der Waals surface area contributed by atoms with Gasteiger partial charge < -0.3 is 10.5 Å². The summed E-state index contributed by atoms with van der Waals surface area (Å²) in [6.45, 7) is 4.41. The first kappa shape index (κ1) is 11.0. The highest BCUT2D eigenvalue weighted by molar-refractivity contribution is 4.79. The van der Waals surface area contributed by atoms with E-state index in [4.69, 9.17) is 10.5 Å². The topological polar surface area (TPSA) is 35.2 Å². The van der Waals surface area contributed by atoms with Gasteiger partial charge in [-0.15, -0.1) is 0 Å². The van der Waals surface area contributed by atoms with Crippen LogP contribution in [0.15, 0.2) is 0 Å². The Labute approximate surface area is 81.8 Å². The highest BCUT2D eigenvalue weighted by Gasteiger charge is 2.25. The average Bonchev–Trinajstić information content (AvgIpc) is 2.04. The van der Waals surface area contributed by atoms with Gasteiger partial charge in [-0.1, -0.05) is 26.7 Å². The van der Waals surface area contributed by atoms with Gasteiger partial charge in [-0.25, -0.2) is 0 Å². The maximum atomic E-state index is 6.00. The number of hydrogen-bond donors (Lipinski definition) is 1. The Morgan fingerprint density at radius 3 is 1.92 bits per heavy atom. The quantitative estimate of drug-likeness (QED) is 0.730. The minimum Gasteiger partial charge on any atom is -0.375 e. The monoisotopic (exact) mass is 185 g/mol. The molecule has 1 rings (SSSR count). The fourth-order valence-corrected chi connectivity index (χ4v) is 2.17. The molecule has 0 saturated carbocycles. The van der Waals surface area contributed by atoms with Crippen LogP contribution in [0.25, 0.3) is 0 Å². The van der Waals surface area contributed by atoms with Crippen LogP contribution in [0.5, 0.6) is 0 Å². The minimum atomic E-state index is 0.377. The molecule has 1 saturated heterocycles. The summed E-state index contributed by atoms with van der Waals surface area (Å²) in [5, 5.41) is 0. The van der Waals surface area contributed by atoms with Crippen molar-refractivity contribution in [2.24, 2.45) is 5.73 Å². The molecule has 0 aliphatic carbocycles.